The first-order valence-corrected chi connectivity index (χ1v) is 11.6. The van der Waals surface area contributed by atoms with Crippen LogP contribution in [0.3, 0.4) is 0 Å². The lowest BCUT2D eigenvalue weighted by Gasteiger charge is -2.28. The van der Waals surface area contributed by atoms with Crippen molar-refractivity contribution in [3.05, 3.63) is 46.2 Å². The molecule has 31 heavy (non-hydrogen) atoms. The first kappa shape index (κ1) is 23.7. The van der Waals surface area contributed by atoms with Crippen molar-refractivity contribution in [2.24, 2.45) is 0 Å². The number of nitrogens with zero attached hydrogens (tertiary/aromatic N) is 3. The number of ether oxygens (including phenoxy) is 2. The first-order valence-electron chi connectivity index (χ1n) is 9.93. The molecule has 4 rings (SSSR count). The Hall–Kier alpha value is -1.97. The van der Waals surface area contributed by atoms with E-state index in [4.69, 9.17) is 14.5 Å². The molecule has 1 aromatic carbocycles. The van der Waals surface area contributed by atoms with E-state index in [1.807, 2.05) is 35.7 Å². The zero-order chi connectivity index (χ0) is 20.9. The number of anilines is 1. The van der Waals surface area contributed by atoms with Crippen molar-refractivity contribution in [3.8, 4) is 5.75 Å². The number of methoxy groups -OCH3 is 1. The Morgan fingerprint density at radius 3 is 2.84 bits per heavy atom. The van der Waals surface area contributed by atoms with Crippen LogP contribution in [0.5, 0.6) is 5.75 Å². The minimum Gasteiger partial charge on any atom is -0.494 e. The Morgan fingerprint density at radius 2 is 2.13 bits per heavy atom. The minimum atomic E-state index is -0.0627. The molecule has 1 fully saturated rings. The number of thiazole rings is 1. The second kappa shape index (κ2) is 11.1. The zero-order valence-electron chi connectivity index (χ0n) is 17.6. The molecule has 2 aromatic heterocycles. The maximum Gasteiger partial charge on any atom is 0.252 e. The van der Waals surface area contributed by atoms with Gasteiger partial charge < -0.3 is 9.47 Å². The Balaban J connectivity index is 0.00000272. The van der Waals surface area contributed by atoms with Crippen LogP contribution in [-0.4, -0.2) is 62.3 Å². The van der Waals surface area contributed by atoms with Crippen molar-refractivity contribution < 1.29 is 14.3 Å². The molecule has 0 spiro atoms. The van der Waals surface area contributed by atoms with E-state index in [-0.39, 0.29) is 18.3 Å². The van der Waals surface area contributed by atoms with Gasteiger partial charge in [0.05, 0.1) is 25.0 Å². The Morgan fingerprint density at radius 1 is 1.32 bits per heavy atom. The molecule has 0 aliphatic carbocycles. The number of benzene rings is 1. The number of halogens is 1. The number of fused-ring (bicyclic) bond motifs is 1. The molecular weight excluding hydrogens is 454 g/mol. The van der Waals surface area contributed by atoms with Gasteiger partial charge in [-0.25, -0.2) is 4.98 Å². The summed E-state index contributed by atoms with van der Waals surface area (Å²) in [6.45, 7) is 6.68. The lowest BCUT2D eigenvalue weighted by atomic mass is 10.2. The number of carbonyl (C=O) groups excluding carboxylic acids is 1. The number of aromatic nitrogens is 1. The molecule has 0 atom stereocenters. The number of rotatable bonds is 7. The van der Waals surface area contributed by atoms with E-state index in [9.17, 15) is 4.79 Å². The van der Waals surface area contributed by atoms with E-state index < -0.39 is 0 Å². The average Bonchev–Trinajstić information content (AvgIpc) is 3.44. The fourth-order valence-corrected chi connectivity index (χ4v) is 5.08. The van der Waals surface area contributed by atoms with E-state index in [2.05, 4.69) is 11.8 Å². The van der Waals surface area contributed by atoms with Crippen LogP contribution < -0.4 is 9.64 Å². The molecule has 3 aromatic rings. The van der Waals surface area contributed by atoms with E-state index >= 15 is 0 Å². The van der Waals surface area contributed by atoms with Gasteiger partial charge in [-0.15, -0.1) is 23.7 Å². The van der Waals surface area contributed by atoms with Crippen LogP contribution in [0.25, 0.3) is 16.3 Å². The van der Waals surface area contributed by atoms with Crippen molar-refractivity contribution in [3.63, 3.8) is 0 Å². The number of thiophene rings is 1. The van der Waals surface area contributed by atoms with Gasteiger partial charge >= 0.3 is 0 Å². The molecule has 1 aliphatic heterocycles. The van der Waals surface area contributed by atoms with Crippen molar-refractivity contribution >= 4 is 62.4 Å². The highest BCUT2D eigenvalue weighted by molar-refractivity contribution is 7.22. The van der Waals surface area contributed by atoms with Gasteiger partial charge in [-0.1, -0.05) is 23.5 Å². The summed E-state index contributed by atoms with van der Waals surface area (Å²) in [6, 6.07) is 7.93. The van der Waals surface area contributed by atoms with Gasteiger partial charge in [-0.2, -0.15) is 0 Å². The molecule has 0 unspecified atom stereocenters. The highest BCUT2D eigenvalue weighted by Crippen LogP contribution is 2.36. The third-order valence-electron chi connectivity index (χ3n) is 5.09. The van der Waals surface area contributed by atoms with Crippen LogP contribution in [0.1, 0.15) is 10.4 Å². The average molecular weight is 480 g/mol. The fraction of sp³-hybridized carbons (Fsp3) is 0.364. The lowest BCUT2D eigenvalue weighted by Crippen LogP contribution is -2.42. The van der Waals surface area contributed by atoms with Gasteiger partial charge in [-0.05, 0) is 36.1 Å². The molecule has 6 nitrogen and oxygen atoms in total. The Kier molecular flexibility index (Phi) is 8.45. The molecule has 1 saturated heterocycles. The Labute approximate surface area is 196 Å². The maximum atomic E-state index is 13.2. The largest absolute Gasteiger partial charge is 0.494 e. The van der Waals surface area contributed by atoms with Gasteiger partial charge in [0.2, 0.25) is 0 Å². The van der Waals surface area contributed by atoms with E-state index in [0.29, 0.717) is 11.7 Å². The summed E-state index contributed by atoms with van der Waals surface area (Å²) >= 11 is 3.15. The molecular formula is C22H26ClN3O3S2. The summed E-state index contributed by atoms with van der Waals surface area (Å²) in [6.07, 6.45) is 3.51. The predicted molar refractivity (Wildman–Crippen MR) is 131 cm³/mol. The summed E-state index contributed by atoms with van der Waals surface area (Å²) in [5, 5.41) is 2.70. The van der Waals surface area contributed by atoms with Crippen molar-refractivity contribution in [2.75, 3.05) is 51.4 Å². The number of hydrogen-bond donors (Lipinski definition) is 0. The molecule has 0 saturated carbocycles. The summed E-state index contributed by atoms with van der Waals surface area (Å²) in [5.74, 6) is 0.667. The quantitative estimate of drug-likeness (QED) is 0.468. The maximum absolute atomic E-state index is 13.2. The third-order valence-corrected chi connectivity index (χ3v) is 7.14. The van der Waals surface area contributed by atoms with Crippen LogP contribution in [-0.2, 0) is 9.53 Å². The van der Waals surface area contributed by atoms with Gasteiger partial charge in [0.1, 0.15) is 11.3 Å². The normalized spacial score (nSPS) is 14.6. The smallest absolute Gasteiger partial charge is 0.252 e. The zero-order valence-corrected chi connectivity index (χ0v) is 20.0. The Bertz CT molecular complexity index is 1030. The molecule has 1 amide bonds. The van der Waals surface area contributed by atoms with Crippen LogP contribution in [0.2, 0.25) is 0 Å². The number of hydrogen-bond acceptors (Lipinski definition) is 7. The molecule has 0 bridgehead atoms. The molecule has 0 N–H and O–H groups in total. The third kappa shape index (κ3) is 5.64. The summed E-state index contributed by atoms with van der Waals surface area (Å²) < 4.78 is 12.0. The summed E-state index contributed by atoms with van der Waals surface area (Å²) in [4.78, 5) is 23.1. The van der Waals surface area contributed by atoms with Crippen LogP contribution >= 0.6 is 35.1 Å². The van der Waals surface area contributed by atoms with Crippen molar-refractivity contribution in [2.45, 2.75) is 6.92 Å². The fourth-order valence-electron chi connectivity index (χ4n) is 3.37. The molecule has 9 heteroatoms. The molecule has 1 aliphatic rings. The first-order chi connectivity index (χ1) is 14.7. The van der Waals surface area contributed by atoms with Crippen LogP contribution in [0.15, 0.2) is 35.7 Å². The highest BCUT2D eigenvalue weighted by atomic mass is 35.5. The van der Waals surface area contributed by atoms with E-state index in [1.54, 1.807) is 29.4 Å². The molecule has 0 radical (unpaired) electrons. The van der Waals surface area contributed by atoms with E-state index in [0.717, 1.165) is 59.3 Å². The van der Waals surface area contributed by atoms with Gasteiger partial charge in [0.15, 0.2) is 5.13 Å². The number of carbonyl (C=O) groups is 1. The number of morpholine rings is 1. The monoisotopic (exact) mass is 479 g/mol. The van der Waals surface area contributed by atoms with Gasteiger partial charge in [0, 0.05) is 37.1 Å². The summed E-state index contributed by atoms with van der Waals surface area (Å²) in [7, 11) is 1.65. The molecule has 166 valence electrons. The minimum absolute atomic E-state index is 0. The highest BCUT2D eigenvalue weighted by Gasteiger charge is 2.21. The van der Waals surface area contributed by atoms with Crippen molar-refractivity contribution in [1.82, 2.24) is 9.88 Å². The molecule has 3 heterocycles. The van der Waals surface area contributed by atoms with Gasteiger partial charge in [-0.3, -0.25) is 14.6 Å². The standard InChI is InChI=1S/C22H25N3O3S2.ClH/c1-16-5-7-18(27-2)20-21(16)30-22(23-20)25(10-9-24-11-13-28-14-12-24)19(26)8-6-17-4-3-15-29-17;/h3-8,15H,9-14H2,1-2H3;1H/b8-6+;. The van der Waals surface area contributed by atoms with Gasteiger partial charge in [0.25, 0.3) is 5.91 Å². The van der Waals surface area contributed by atoms with E-state index in [1.165, 1.54) is 11.3 Å². The SMILES string of the molecule is COc1ccc(C)c2sc(N(CCN3CCOCC3)C(=O)/C=C/c3cccs3)nc12.Cl. The number of aryl methyl sites for hydroxylation is 1. The topological polar surface area (TPSA) is 54.9 Å². The predicted octanol–water partition coefficient (Wildman–Crippen LogP) is 4.48. The number of amides is 1. The second-order valence-corrected chi connectivity index (χ2v) is 9.01. The summed E-state index contributed by atoms with van der Waals surface area (Å²) in [5.41, 5.74) is 1.94. The van der Waals surface area contributed by atoms with Crippen LogP contribution in [0.4, 0.5) is 5.13 Å². The van der Waals surface area contributed by atoms with Crippen LogP contribution in [0, 0.1) is 6.92 Å². The van der Waals surface area contributed by atoms with Crippen molar-refractivity contribution in [1.29, 1.82) is 0 Å². The lowest BCUT2D eigenvalue weighted by molar-refractivity contribution is -0.114. The second-order valence-electron chi connectivity index (χ2n) is 7.05.